The van der Waals surface area contributed by atoms with E-state index in [1.54, 1.807) is 6.07 Å². The molecule has 1 saturated heterocycles. The molecule has 1 aliphatic rings. The summed E-state index contributed by atoms with van der Waals surface area (Å²) in [6.45, 7) is 6.93. The molecule has 0 aliphatic carbocycles. The van der Waals surface area contributed by atoms with Crippen LogP contribution in [0.25, 0.3) is 10.9 Å². The standard InChI is InChI=1S/C20H30FN5.HI/c1-3-22-20(25-12-15-5-4-10-26(2)14-15)23-9-8-16-13-24-19-11-17(21)6-7-18(16)19;/h6-7,11,13,15,24H,3-5,8-10,12,14H2,1-2H3,(H2,22,23,25);1H. The first kappa shape index (κ1) is 21.9. The lowest BCUT2D eigenvalue weighted by atomic mass is 9.99. The van der Waals surface area contributed by atoms with Gasteiger partial charge in [-0.05, 0) is 69.5 Å². The van der Waals surface area contributed by atoms with Crippen molar-refractivity contribution in [3.63, 3.8) is 0 Å². The van der Waals surface area contributed by atoms with Gasteiger partial charge in [0.15, 0.2) is 5.96 Å². The number of H-pyrrole nitrogens is 1. The fraction of sp³-hybridized carbons (Fsp3) is 0.550. The van der Waals surface area contributed by atoms with Gasteiger partial charge in [-0.3, -0.25) is 4.99 Å². The first-order chi connectivity index (χ1) is 12.7. The molecule has 1 atom stereocenters. The zero-order valence-electron chi connectivity index (χ0n) is 16.2. The van der Waals surface area contributed by atoms with E-state index in [1.165, 1.54) is 31.0 Å². The van der Waals surface area contributed by atoms with Gasteiger partial charge in [-0.15, -0.1) is 24.0 Å². The van der Waals surface area contributed by atoms with Crippen molar-refractivity contribution >= 4 is 40.8 Å². The Kier molecular flexibility index (Phi) is 8.82. The number of aliphatic imine (C=N–C) groups is 1. The van der Waals surface area contributed by atoms with Crippen molar-refractivity contribution in [3.05, 3.63) is 35.8 Å². The maximum absolute atomic E-state index is 13.3. The van der Waals surface area contributed by atoms with Crippen LogP contribution in [0.5, 0.6) is 0 Å². The molecule has 1 aliphatic heterocycles. The van der Waals surface area contributed by atoms with E-state index in [0.717, 1.165) is 49.5 Å². The summed E-state index contributed by atoms with van der Waals surface area (Å²) >= 11 is 0. The smallest absolute Gasteiger partial charge is 0.191 e. The van der Waals surface area contributed by atoms with Crippen molar-refractivity contribution < 1.29 is 4.39 Å². The van der Waals surface area contributed by atoms with Crippen molar-refractivity contribution in [1.29, 1.82) is 0 Å². The number of hydrogen-bond acceptors (Lipinski definition) is 2. The molecular formula is C20H31FIN5. The van der Waals surface area contributed by atoms with Gasteiger partial charge < -0.3 is 20.5 Å². The highest BCUT2D eigenvalue weighted by Gasteiger charge is 2.16. The van der Waals surface area contributed by atoms with E-state index in [2.05, 4.69) is 34.5 Å². The van der Waals surface area contributed by atoms with Crippen molar-refractivity contribution in [1.82, 2.24) is 20.5 Å². The number of hydrogen-bond donors (Lipinski definition) is 3. The van der Waals surface area contributed by atoms with Crippen molar-refractivity contribution in [2.75, 3.05) is 39.8 Å². The predicted octanol–water partition coefficient (Wildman–Crippen LogP) is 3.36. The molecule has 1 aromatic heterocycles. The normalized spacial score (nSPS) is 18.3. The van der Waals surface area contributed by atoms with Crippen LogP contribution in [-0.2, 0) is 6.42 Å². The molecule has 7 heteroatoms. The van der Waals surface area contributed by atoms with Gasteiger partial charge in [0.05, 0.1) is 0 Å². The molecule has 5 nitrogen and oxygen atoms in total. The maximum Gasteiger partial charge on any atom is 0.191 e. The molecule has 3 N–H and O–H groups in total. The minimum absolute atomic E-state index is 0. The highest BCUT2D eigenvalue weighted by atomic mass is 127. The Hall–Kier alpha value is -1.35. The number of aromatic nitrogens is 1. The summed E-state index contributed by atoms with van der Waals surface area (Å²) in [4.78, 5) is 10.3. The molecule has 0 amide bonds. The summed E-state index contributed by atoms with van der Waals surface area (Å²) in [5, 5.41) is 7.83. The summed E-state index contributed by atoms with van der Waals surface area (Å²) in [5.74, 6) is 1.32. The first-order valence-electron chi connectivity index (χ1n) is 9.62. The third-order valence-corrected chi connectivity index (χ3v) is 4.99. The molecule has 3 rings (SSSR count). The number of guanidine groups is 1. The lowest BCUT2D eigenvalue weighted by Crippen LogP contribution is -2.39. The summed E-state index contributed by atoms with van der Waals surface area (Å²) in [6, 6.07) is 4.90. The molecular weight excluding hydrogens is 456 g/mol. The Balaban J connectivity index is 0.00000261. The second kappa shape index (κ2) is 10.8. The van der Waals surface area contributed by atoms with Crippen molar-refractivity contribution in [2.45, 2.75) is 26.2 Å². The van der Waals surface area contributed by atoms with Crippen LogP contribution in [0.2, 0.25) is 0 Å². The van der Waals surface area contributed by atoms with Crippen LogP contribution in [0.1, 0.15) is 25.3 Å². The van der Waals surface area contributed by atoms with Crippen LogP contribution in [-0.4, -0.2) is 55.6 Å². The summed E-state index contributed by atoms with van der Waals surface area (Å²) < 4.78 is 13.3. The molecule has 27 heavy (non-hydrogen) atoms. The van der Waals surface area contributed by atoms with Crippen molar-refractivity contribution in [2.24, 2.45) is 10.9 Å². The molecule has 1 unspecified atom stereocenters. The van der Waals surface area contributed by atoms with Gasteiger partial charge in [-0.2, -0.15) is 0 Å². The maximum atomic E-state index is 13.3. The van der Waals surface area contributed by atoms with E-state index in [4.69, 9.17) is 4.99 Å². The first-order valence-corrected chi connectivity index (χ1v) is 9.62. The molecule has 1 fully saturated rings. The van der Waals surface area contributed by atoms with Gasteiger partial charge in [-0.25, -0.2) is 4.39 Å². The second-order valence-corrected chi connectivity index (χ2v) is 7.17. The number of nitrogens with one attached hydrogen (secondary N) is 3. The summed E-state index contributed by atoms with van der Waals surface area (Å²) in [6.07, 6.45) is 5.36. The molecule has 0 bridgehead atoms. The fourth-order valence-corrected chi connectivity index (χ4v) is 3.67. The third-order valence-electron chi connectivity index (χ3n) is 4.99. The number of nitrogens with zero attached hydrogens (tertiary/aromatic N) is 2. The average molecular weight is 487 g/mol. The minimum Gasteiger partial charge on any atom is -0.361 e. The van der Waals surface area contributed by atoms with Gasteiger partial charge in [-0.1, -0.05) is 0 Å². The van der Waals surface area contributed by atoms with Crippen molar-refractivity contribution in [3.8, 4) is 0 Å². The van der Waals surface area contributed by atoms with Gasteiger partial charge in [0, 0.05) is 43.3 Å². The van der Waals surface area contributed by atoms with Gasteiger partial charge in [0.25, 0.3) is 0 Å². The van der Waals surface area contributed by atoms with Crippen LogP contribution in [0.3, 0.4) is 0 Å². The molecule has 2 heterocycles. The van der Waals surface area contributed by atoms with E-state index in [9.17, 15) is 4.39 Å². The Morgan fingerprint density at radius 1 is 1.37 bits per heavy atom. The SMILES string of the molecule is CCNC(=NCC1CCCN(C)C1)NCCc1c[nH]c2cc(F)ccc12.I. The van der Waals surface area contributed by atoms with E-state index in [-0.39, 0.29) is 29.8 Å². The quantitative estimate of drug-likeness (QED) is 0.333. The Morgan fingerprint density at radius 2 is 2.22 bits per heavy atom. The molecule has 1 aromatic carbocycles. The molecule has 0 spiro atoms. The minimum atomic E-state index is -0.209. The fourth-order valence-electron chi connectivity index (χ4n) is 3.67. The Bertz CT molecular complexity index is 745. The molecule has 0 saturated carbocycles. The van der Waals surface area contributed by atoms with Gasteiger partial charge in [0.2, 0.25) is 0 Å². The molecule has 2 aromatic rings. The lowest BCUT2D eigenvalue weighted by Gasteiger charge is -2.28. The van der Waals surface area contributed by atoms with Crippen LogP contribution in [0.15, 0.2) is 29.4 Å². The number of piperidine rings is 1. The zero-order valence-corrected chi connectivity index (χ0v) is 18.6. The largest absolute Gasteiger partial charge is 0.361 e. The summed E-state index contributed by atoms with van der Waals surface area (Å²) in [5.41, 5.74) is 2.04. The molecule has 150 valence electrons. The highest BCUT2D eigenvalue weighted by molar-refractivity contribution is 14.0. The highest BCUT2D eigenvalue weighted by Crippen LogP contribution is 2.19. The lowest BCUT2D eigenvalue weighted by molar-refractivity contribution is 0.214. The van der Waals surface area contributed by atoms with E-state index >= 15 is 0 Å². The second-order valence-electron chi connectivity index (χ2n) is 7.17. The molecule has 0 radical (unpaired) electrons. The van der Waals surface area contributed by atoms with Gasteiger partial charge in [0.1, 0.15) is 5.82 Å². The zero-order chi connectivity index (χ0) is 18.4. The van der Waals surface area contributed by atoms with E-state index in [1.807, 2.05) is 12.3 Å². The topological polar surface area (TPSA) is 55.5 Å². The number of benzene rings is 1. The van der Waals surface area contributed by atoms with E-state index in [0.29, 0.717) is 5.92 Å². The third kappa shape index (κ3) is 6.34. The number of likely N-dealkylation sites (tertiary alicyclic amines) is 1. The number of aromatic amines is 1. The monoisotopic (exact) mass is 487 g/mol. The average Bonchev–Trinajstić information content (AvgIpc) is 3.02. The van der Waals surface area contributed by atoms with Crippen LogP contribution < -0.4 is 10.6 Å². The Labute approximate surface area is 178 Å². The Morgan fingerprint density at radius 3 is 3.00 bits per heavy atom. The number of fused-ring (bicyclic) bond motifs is 1. The van der Waals surface area contributed by atoms with Crippen LogP contribution in [0.4, 0.5) is 4.39 Å². The number of halogens is 2. The predicted molar refractivity (Wildman–Crippen MR) is 122 cm³/mol. The van der Waals surface area contributed by atoms with Gasteiger partial charge >= 0.3 is 0 Å². The summed E-state index contributed by atoms with van der Waals surface area (Å²) in [7, 11) is 2.19. The number of rotatable bonds is 6. The van der Waals surface area contributed by atoms with E-state index < -0.39 is 0 Å². The van der Waals surface area contributed by atoms with Crippen LogP contribution in [0, 0.1) is 11.7 Å². The van der Waals surface area contributed by atoms with Crippen LogP contribution >= 0.6 is 24.0 Å².